The second-order valence-corrected chi connectivity index (χ2v) is 7.62. The fourth-order valence-corrected chi connectivity index (χ4v) is 3.85. The van der Waals surface area contributed by atoms with Crippen LogP contribution in [-0.2, 0) is 0 Å². The number of nitrogens with one attached hydrogen (secondary N) is 2. The lowest BCUT2D eigenvalue weighted by Gasteiger charge is -2.33. The van der Waals surface area contributed by atoms with Crippen molar-refractivity contribution < 1.29 is 4.39 Å². The number of anilines is 3. The number of fused-ring (bicyclic) bond motifs is 1. The lowest BCUT2D eigenvalue weighted by molar-refractivity contribution is 0.460. The number of rotatable bonds is 4. The molecule has 0 saturated carbocycles. The quantitative estimate of drug-likeness (QED) is 0.438. The van der Waals surface area contributed by atoms with Gasteiger partial charge in [0.1, 0.15) is 28.8 Å². The van der Waals surface area contributed by atoms with Gasteiger partial charge in [-0.05, 0) is 19.1 Å². The van der Waals surface area contributed by atoms with Crippen LogP contribution in [0.4, 0.5) is 22.0 Å². The lowest BCUT2D eigenvalue weighted by atomic mass is 10.2. The van der Waals surface area contributed by atoms with Crippen LogP contribution in [0.15, 0.2) is 16.9 Å². The molecule has 11 nitrogen and oxygen atoms in total. The first kappa shape index (κ1) is 21.5. The Balaban J connectivity index is 1.90. The zero-order valence-electron chi connectivity index (χ0n) is 17.1. The maximum Gasteiger partial charge on any atom is 0.281 e. The standard InChI is InChI=1S/C19H20ClFN10O/c1-9(26-16-10(8-22)15(23)28-19(24)29-16)17-27-14-12(21)3-2-11(20)13(14)18(32)31(17)30-6-4-25-5-7-30/h2-3,9,25H,4-7H2,1H3,(H5,23,24,26,28,29). The van der Waals surface area contributed by atoms with Crippen LogP contribution < -0.4 is 32.7 Å². The molecule has 1 aromatic carbocycles. The summed E-state index contributed by atoms with van der Waals surface area (Å²) in [7, 11) is 0. The predicted octanol–water partition coefficient (Wildman–Crippen LogP) is 0.729. The average molecular weight is 459 g/mol. The molecule has 1 saturated heterocycles. The normalized spacial score (nSPS) is 14.9. The highest BCUT2D eigenvalue weighted by atomic mass is 35.5. The van der Waals surface area contributed by atoms with Gasteiger partial charge in [-0.1, -0.05) is 11.6 Å². The summed E-state index contributed by atoms with van der Waals surface area (Å²) >= 11 is 6.23. The molecule has 3 aromatic rings. The number of nitrogens with two attached hydrogens (primary N) is 2. The van der Waals surface area contributed by atoms with Gasteiger partial charge < -0.3 is 27.1 Å². The van der Waals surface area contributed by atoms with Crippen LogP contribution >= 0.6 is 11.6 Å². The molecule has 32 heavy (non-hydrogen) atoms. The molecule has 1 atom stereocenters. The first-order valence-electron chi connectivity index (χ1n) is 9.78. The molecule has 0 spiro atoms. The summed E-state index contributed by atoms with van der Waals surface area (Å²) in [6.45, 7) is 4.05. The van der Waals surface area contributed by atoms with Crippen LogP contribution in [0.2, 0.25) is 5.02 Å². The maximum absolute atomic E-state index is 14.6. The first-order valence-corrected chi connectivity index (χ1v) is 10.2. The Labute approximate surface area is 186 Å². The smallest absolute Gasteiger partial charge is 0.281 e. The molecule has 3 heterocycles. The topological polar surface area (TPSA) is 164 Å². The summed E-state index contributed by atoms with van der Waals surface area (Å²) in [5.74, 6) is -0.586. The van der Waals surface area contributed by atoms with Crippen molar-refractivity contribution in [3.63, 3.8) is 0 Å². The summed E-state index contributed by atoms with van der Waals surface area (Å²) in [6.07, 6.45) is 0. The van der Waals surface area contributed by atoms with Crippen LogP contribution in [0.1, 0.15) is 24.4 Å². The molecule has 2 aromatic heterocycles. The molecular formula is C19H20ClFN10O. The van der Waals surface area contributed by atoms with E-state index in [-0.39, 0.29) is 44.9 Å². The molecule has 1 fully saturated rings. The zero-order valence-corrected chi connectivity index (χ0v) is 17.8. The minimum Gasteiger partial charge on any atom is -0.382 e. The second kappa shape index (κ2) is 8.45. The molecule has 4 rings (SSSR count). The molecule has 0 bridgehead atoms. The van der Waals surface area contributed by atoms with E-state index in [9.17, 15) is 14.4 Å². The van der Waals surface area contributed by atoms with E-state index >= 15 is 0 Å². The Hall–Kier alpha value is -3.69. The van der Waals surface area contributed by atoms with Crippen LogP contribution in [0.3, 0.4) is 0 Å². The fourth-order valence-electron chi connectivity index (χ4n) is 3.61. The van der Waals surface area contributed by atoms with E-state index in [0.29, 0.717) is 26.2 Å². The number of nitrogens with zero attached hydrogens (tertiary/aromatic N) is 6. The van der Waals surface area contributed by atoms with Crippen LogP contribution in [0.25, 0.3) is 10.9 Å². The maximum atomic E-state index is 14.6. The Kier molecular flexibility index (Phi) is 5.68. The molecule has 1 aliphatic heterocycles. The second-order valence-electron chi connectivity index (χ2n) is 7.21. The number of aromatic nitrogens is 4. The van der Waals surface area contributed by atoms with E-state index in [0.717, 1.165) is 6.07 Å². The van der Waals surface area contributed by atoms with Crippen LogP contribution in [-0.4, -0.2) is 45.8 Å². The van der Waals surface area contributed by atoms with E-state index < -0.39 is 17.4 Å². The van der Waals surface area contributed by atoms with E-state index in [1.165, 1.54) is 10.7 Å². The molecule has 0 aliphatic carbocycles. The Bertz CT molecular complexity index is 1300. The van der Waals surface area contributed by atoms with Gasteiger partial charge in [-0.15, -0.1) is 0 Å². The van der Waals surface area contributed by atoms with Crippen molar-refractivity contribution in [3.8, 4) is 6.07 Å². The number of piperazine rings is 1. The number of halogens is 2. The number of hydrogen-bond donors (Lipinski definition) is 4. The van der Waals surface area contributed by atoms with Crippen molar-refractivity contribution >= 4 is 40.1 Å². The monoisotopic (exact) mass is 458 g/mol. The average Bonchev–Trinajstić information content (AvgIpc) is 2.76. The van der Waals surface area contributed by atoms with Gasteiger partial charge in [-0.2, -0.15) is 15.2 Å². The molecular weight excluding hydrogens is 439 g/mol. The zero-order chi connectivity index (χ0) is 23.0. The predicted molar refractivity (Wildman–Crippen MR) is 119 cm³/mol. The number of nitrogen functional groups attached to an aromatic ring is 2. The number of benzene rings is 1. The fraction of sp³-hybridized carbons (Fsp3) is 0.316. The van der Waals surface area contributed by atoms with Gasteiger partial charge in [0.15, 0.2) is 11.6 Å². The minimum absolute atomic E-state index is 0.00265. The van der Waals surface area contributed by atoms with Crippen LogP contribution in [0.5, 0.6) is 0 Å². The SMILES string of the molecule is CC(Nc1nc(N)nc(N)c1C#N)c1nc2c(F)ccc(Cl)c2c(=O)n1N1CCNCC1. The molecule has 0 radical (unpaired) electrons. The van der Waals surface area contributed by atoms with Crippen molar-refractivity contribution in [1.29, 1.82) is 5.26 Å². The highest BCUT2D eigenvalue weighted by Crippen LogP contribution is 2.26. The lowest BCUT2D eigenvalue weighted by Crippen LogP contribution is -2.54. The molecule has 13 heteroatoms. The van der Waals surface area contributed by atoms with Crippen molar-refractivity contribution in [2.45, 2.75) is 13.0 Å². The Morgan fingerprint density at radius 1 is 1.28 bits per heavy atom. The molecule has 1 aliphatic rings. The van der Waals surface area contributed by atoms with E-state index in [1.807, 2.05) is 11.1 Å². The molecule has 0 amide bonds. The molecule has 6 N–H and O–H groups in total. The van der Waals surface area contributed by atoms with Gasteiger partial charge in [-0.25, -0.2) is 14.1 Å². The van der Waals surface area contributed by atoms with Crippen molar-refractivity contribution in [3.05, 3.63) is 44.7 Å². The van der Waals surface area contributed by atoms with Gasteiger partial charge >= 0.3 is 0 Å². The van der Waals surface area contributed by atoms with Crippen molar-refractivity contribution in [1.82, 2.24) is 24.9 Å². The highest BCUT2D eigenvalue weighted by Gasteiger charge is 2.25. The minimum atomic E-state index is -0.693. The first-order chi connectivity index (χ1) is 15.3. The highest BCUT2D eigenvalue weighted by molar-refractivity contribution is 6.35. The van der Waals surface area contributed by atoms with Gasteiger partial charge in [0.2, 0.25) is 5.95 Å². The summed E-state index contributed by atoms with van der Waals surface area (Å²) < 4.78 is 16.0. The van der Waals surface area contributed by atoms with Gasteiger partial charge in [0.25, 0.3) is 5.56 Å². The van der Waals surface area contributed by atoms with E-state index in [1.54, 1.807) is 6.92 Å². The van der Waals surface area contributed by atoms with Crippen molar-refractivity contribution in [2.75, 3.05) is 48.0 Å². The van der Waals surface area contributed by atoms with Gasteiger partial charge in [0.05, 0.1) is 16.5 Å². The Morgan fingerprint density at radius 2 is 2.00 bits per heavy atom. The van der Waals surface area contributed by atoms with Gasteiger partial charge in [-0.3, -0.25) is 4.79 Å². The molecule has 1 unspecified atom stereocenters. The third-order valence-electron chi connectivity index (χ3n) is 5.11. The third kappa shape index (κ3) is 3.72. The van der Waals surface area contributed by atoms with E-state index in [4.69, 9.17) is 23.1 Å². The summed E-state index contributed by atoms with van der Waals surface area (Å²) in [6, 6.07) is 3.73. The third-order valence-corrected chi connectivity index (χ3v) is 5.43. The van der Waals surface area contributed by atoms with E-state index in [2.05, 4.69) is 25.6 Å². The largest absolute Gasteiger partial charge is 0.382 e. The number of nitriles is 1. The van der Waals surface area contributed by atoms with Crippen LogP contribution in [0, 0.1) is 17.1 Å². The molecule has 166 valence electrons. The van der Waals surface area contributed by atoms with Gasteiger partial charge in [0, 0.05) is 26.2 Å². The number of hydrogen-bond acceptors (Lipinski definition) is 10. The summed E-state index contributed by atoms with van der Waals surface area (Å²) in [4.78, 5) is 25.8. The summed E-state index contributed by atoms with van der Waals surface area (Å²) in [5, 5.41) is 17.6. The Morgan fingerprint density at radius 3 is 2.69 bits per heavy atom. The summed E-state index contributed by atoms with van der Waals surface area (Å²) in [5.41, 5.74) is 10.8. The van der Waals surface area contributed by atoms with Crippen molar-refractivity contribution in [2.24, 2.45) is 0 Å².